The topological polar surface area (TPSA) is 46.9 Å². The lowest BCUT2D eigenvalue weighted by atomic mass is 9.90. The van der Waals surface area contributed by atoms with Crippen molar-refractivity contribution in [2.45, 2.75) is 82.8 Å². The number of nitrogens with zero attached hydrogens (tertiary/aromatic N) is 2. The lowest BCUT2D eigenvalue weighted by Gasteiger charge is -2.31. The Kier molecular flexibility index (Phi) is 3.81. The van der Waals surface area contributed by atoms with Crippen LogP contribution >= 0.6 is 0 Å². The molecule has 4 nitrogen and oxygen atoms in total. The van der Waals surface area contributed by atoms with Gasteiger partial charge in [-0.3, -0.25) is 4.79 Å². The minimum Gasteiger partial charge on any atom is -0.311 e. The molecule has 0 aromatic carbocycles. The molecule has 4 heteroatoms. The number of hydrogen-bond acceptors (Lipinski definition) is 3. The highest BCUT2D eigenvalue weighted by atomic mass is 16.1. The van der Waals surface area contributed by atoms with E-state index in [-0.39, 0.29) is 5.56 Å². The van der Waals surface area contributed by atoms with Gasteiger partial charge in [-0.15, -0.1) is 0 Å². The largest absolute Gasteiger partial charge is 0.311 e. The van der Waals surface area contributed by atoms with Crippen molar-refractivity contribution in [3.05, 3.63) is 27.7 Å². The third-order valence-corrected chi connectivity index (χ3v) is 5.85. The fourth-order valence-corrected chi connectivity index (χ4v) is 4.27. The third kappa shape index (κ3) is 2.85. The number of fused-ring (bicyclic) bond motifs is 1. The molecule has 22 heavy (non-hydrogen) atoms. The van der Waals surface area contributed by atoms with E-state index in [4.69, 9.17) is 0 Å². The summed E-state index contributed by atoms with van der Waals surface area (Å²) >= 11 is 0. The highest BCUT2D eigenvalue weighted by molar-refractivity contribution is 5.22. The quantitative estimate of drug-likeness (QED) is 0.930. The van der Waals surface area contributed by atoms with Crippen LogP contribution in [-0.4, -0.2) is 21.9 Å². The van der Waals surface area contributed by atoms with Crippen molar-refractivity contribution in [1.82, 2.24) is 15.1 Å². The number of hydrogen-bond donors (Lipinski definition) is 1. The summed E-state index contributed by atoms with van der Waals surface area (Å²) in [4.78, 5) is 12.3. The van der Waals surface area contributed by atoms with Gasteiger partial charge < -0.3 is 5.32 Å². The number of aromatic nitrogens is 2. The summed E-state index contributed by atoms with van der Waals surface area (Å²) in [7, 11) is 0. The minimum absolute atomic E-state index is 0.114. The molecule has 3 aliphatic carbocycles. The van der Waals surface area contributed by atoms with Crippen LogP contribution in [-0.2, 0) is 12.8 Å². The van der Waals surface area contributed by atoms with E-state index in [0.717, 1.165) is 38.0 Å². The summed E-state index contributed by atoms with van der Waals surface area (Å²) in [5, 5.41) is 8.49. The van der Waals surface area contributed by atoms with E-state index in [1.807, 2.05) is 6.07 Å². The van der Waals surface area contributed by atoms with Crippen molar-refractivity contribution in [1.29, 1.82) is 0 Å². The Morgan fingerprint density at radius 3 is 2.68 bits per heavy atom. The highest BCUT2D eigenvalue weighted by Gasteiger charge is 2.31. The van der Waals surface area contributed by atoms with E-state index in [1.54, 1.807) is 4.68 Å². The predicted octanol–water partition coefficient (Wildman–Crippen LogP) is 2.60. The first-order valence-electron chi connectivity index (χ1n) is 9.08. The summed E-state index contributed by atoms with van der Waals surface area (Å²) in [5.74, 6) is 0.915. The maximum atomic E-state index is 12.3. The van der Waals surface area contributed by atoms with Crippen molar-refractivity contribution in [3.8, 4) is 0 Å². The van der Waals surface area contributed by atoms with Crippen molar-refractivity contribution in [3.63, 3.8) is 0 Å². The number of rotatable bonds is 4. The molecule has 0 radical (unpaired) electrons. The number of nitrogens with one attached hydrogen (secondary N) is 1. The van der Waals surface area contributed by atoms with Gasteiger partial charge in [-0.2, -0.15) is 5.10 Å². The molecule has 1 unspecified atom stereocenters. The van der Waals surface area contributed by atoms with E-state index in [2.05, 4.69) is 17.3 Å². The molecule has 0 spiro atoms. The van der Waals surface area contributed by atoms with Gasteiger partial charge >= 0.3 is 0 Å². The first-order chi connectivity index (χ1) is 10.7. The zero-order chi connectivity index (χ0) is 15.1. The SMILES string of the molecule is CC(NC1CCC(n2nc3c(cc2=O)CCC3)CC1)C1CC1. The fraction of sp³-hybridized carbons (Fsp3) is 0.778. The van der Waals surface area contributed by atoms with Crippen LogP contribution in [0.1, 0.15) is 69.2 Å². The Bertz CT molecular complexity index is 597. The zero-order valence-electron chi connectivity index (χ0n) is 13.6. The molecule has 1 heterocycles. The normalized spacial score (nSPS) is 29.3. The van der Waals surface area contributed by atoms with E-state index in [9.17, 15) is 4.79 Å². The van der Waals surface area contributed by atoms with Crippen LogP contribution in [0.3, 0.4) is 0 Å². The molecule has 0 saturated heterocycles. The third-order valence-electron chi connectivity index (χ3n) is 5.85. The van der Waals surface area contributed by atoms with Crippen molar-refractivity contribution >= 4 is 0 Å². The lowest BCUT2D eigenvalue weighted by molar-refractivity contribution is 0.252. The fourth-order valence-electron chi connectivity index (χ4n) is 4.27. The minimum atomic E-state index is 0.114. The monoisotopic (exact) mass is 301 g/mol. The molecular weight excluding hydrogens is 274 g/mol. The van der Waals surface area contributed by atoms with E-state index in [0.29, 0.717) is 18.1 Å². The molecule has 1 atom stereocenters. The molecular formula is C18H27N3O. The molecule has 2 saturated carbocycles. The van der Waals surface area contributed by atoms with Gasteiger partial charge in [-0.1, -0.05) is 0 Å². The van der Waals surface area contributed by atoms with Crippen LogP contribution in [0.15, 0.2) is 10.9 Å². The van der Waals surface area contributed by atoms with Gasteiger partial charge in [0.25, 0.3) is 5.56 Å². The summed E-state index contributed by atoms with van der Waals surface area (Å²) in [6.07, 6.45) is 10.6. The molecule has 0 aliphatic heterocycles. The van der Waals surface area contributed by atoms with Crippen molar-refractivity contribution in [2.24, 2.45) is 5.92 Å². The van der Waals surface area contributed by atoms with Gasteiger partial charge in [-0.25, -0.2) is 4.68 Å². The Balaban J connectivity index is 1.40. The highest BCUT2D eigenvalue weighted by Crippen LogP contribution is 2.34. The van der Waals surface area contributed by atoms with Crippen LogP contribution < -0.4 is 10.9 Å². The molecule has 1 aromatic rings. The first kappa shape index (κ1) is 14.4. The second kappa shape index (κ2) is 5.80. The average Bonchev–Trinajstić information content (AvgIpc) is 3.27. The van der Waals surface area contributed by atoms with Crippen LogP contribution in [0.2, 0.25) is 0 Å². The van der Waals surface area contributed by atoms with Gasteiger partial charge in [0.2, 0.25) is 0 Å². The Morgan fingerprint density at radius 2 is 1.95 bits per heavy atom. The Morgan fingerprint density at radius 1 is 1.18 bits per heavy atom. The summed E-state index contributed by atoms with van der Waals surface area (Å²) < 4.78 is 1.80. The second-order valence-electron chi connectivity index (χ2n) is 7.55. The molecule has 4 rings (SSSR count). The first-order valence-corrected chi connectivity index (χ1v) is 9.08. The summed E-state index contributed by atoms with van der Waals surface area (Å²) in [6, 6.07) is 3.46. The molecule has 120 valence electrons. The molecule has 0 amide bonds. The maximum Gasteiger partial charge on any atom is 0.267 e. The van der Waals surface area contributed by atoms with E-state index in [1.165, 1.54) is 36.9 Å². The van der Waals surface area contributed by atoms with Gasteiger partial charge in [0.05, 0.1) is 11.7 Å². The van der Waals surface area contributed by atoms with Crippen molar-refractivity contribution in [2.75, 3.05) is 0 Å². The maximum absolute atomic E-state index is 12.3. The van der Waals surface area contributed by atoms with Crippen LogP contribution in [0, 0.1) is 5.92 Å². The van der Waals surface area contributed by atoms with Gasteiger partial charge in [0.15, 0.2) is 0 Å². The summed E-state index contributed by atoms with van der Waals surface area (Å²) in [5.41, 5.74) is 2.47. The van der Waals surface area contributed by atoms with Gasteiger partial charge in [0.1, 0.15) is 0 Å². The van der Waals surface area contributed by atoms with Crippen LogP contribution in [0.25, 0.3) is 0 Å². The van der Waals surface area contributed by atoms with Crippen LogP contribution in [0.5, 0.6) is 0 Å². The second-order valence-corrected chi connectivity index (χ2v) is 7.55. The Labute approximate surface area is 132 Å². The van der Waals surface area contributed by atoms with Crippen molar-refractivity contribution < 1.29 is 0 Å². The zero-order valence-corrected chi connectivity index (χ0v) is 13.6. The molecule has 1 aromatic heterocycles. The standard InChI is InChI=1S/C18H27N3O/c1-12(13-5-6-13)19-15-7-9-16(10-8-15)21-18(22)11-14-3-2-4-17(14)20-21/h11-13,15-16,19H,2-10H2,1H3. The predicted molar refractivity (Wildman–Crippen MR) is 87.1 cm³/mol. The molecule has 1 N–H and O–H groups in total. The van der Waals surface area contributed by atoms with Crippen LogP contribution in [0.4, 0.5) is 0 Å². The molecule has 0 bridgehead atoms. The molecule has 3 aliphatic rings. The smallest absolute Gasteiger partial charge is 0.267 e. The summed E-state index contributed by atoms with van der Waals surface area (Å²) in [6.45, 7) is 2.33. The average molecular weight is 301 g/mol. The van der Waals surface area contributed by atoms with E-state index >= 15 is 0 Å². The Hall–Kier alpha value is -1.16. The van der Waals surface area contributed by atoms with Gasteiger partial charge in [0, 0.05) is 18.2 Å². The lowest BCUT2D eigenvalue weighted by Crippen LogP contribution is -2.41. The van der Waals surface area contributed by atoms with Gasteiger partial charge in [-0.05, 0) is 76.2 Å². The molecule has 2 fully saturated rings. The van der Waals surface area contributed by atoms with E-state index < -0.39 is 0 Å². The number of aryl methyl sites for hydroxylation is 2.